The van der Waals surface area contributed by atoms with Gasteiger partial charge in [0, 0.05) is 0 Å². The minimum absolute atomic E-state index is 0.0544. The van der Waals surface area contributed by atoms with Gasteiger partial charge in [-0.15, -0.1) is 0 Å². The van der Waals surface area contributed by atoms with E-state index in [0.29, 0.717) is 0 Å². The van der Waals surface area contributed by atoms with Crippen LogP contribution in [0.5, 0.6) is 0 Å². The number of carbonyl (C=O) groups excluding carboxylic acids is 3. The average molecular weight is 283 g/mol. The van der Waals surface area contributed by atoms with E-state index in [1.54, 1.807) is 0 Å². The summed E-state index contributed by atoms with van der Waals surface area (Å²) >= 11 is 1.82. The maximum Gasteiger partial charge on any atom is 0.316 e. The van der Waals surface area contributed by atoms with E-state index in [4.69, 9.17) is 0 Å². The van der Waals surface area contributed by atoms with Crippen LogP contribution in [0.25, 0.3) is 0 Å². The number of nitrogens with one attached hydrogen (secondary N) is 1. The van der Waals surface area contributed by atoms with Crippen molar-refractivity contribution in [1.82, 2.24) is 5.32 Å². The number of imide groups is 1. The number of hydrogen-bond acceptors (Lipinski definition) is 4. The lowest BCUT2D eigenvalue weighted by Gasteiger charge is -2.05. The molecule has 1 N–H and O–H groups in total. The van der Waals surface area contributed by atoms with E-state index in [1.165, 1.54) is 0 Å². The Hall–Kier alpha value is -0.660. The Labute approximate surface area is 82.0 Å². The van der Waals surface area contributed by atoms with E-state index in [-0.39, 0.29) is 10.8 Å². The van der Waals surface area contributed by atoms with Gasteiger partial charge in [0.05, 0.1) is 10.8 Å². The molecule has 0 aliphatic carbocycles. The molecule has 0 bridgehead atoms. The summed E-state index contributed by atoms with van der Waals surface area (Å²) in [4.78, 5) is 32.1. The second-order valence-electron chi connectivity index (χ2n) is 2.23. The van der Waals surface area contributed by atoms with E-state index in [9.17, 15) is 14.4 Å². The molecular formula is C6H6INO4. The van der Waals surface area contributed by atoms with Gasteiger partial charge in [-0.1, -0.05) is 22.6 Å². The standard InChI is InChI=1S/C6H6INO4/c7-2-5(10)12-3-1-4(9)8-6(3)11/h3H,1-2H2,(H,8,9,11). The summed E-state index contributed by atoms with van der Waals surface area (Å²) in [5, 5.41) is 2.04. The van der Waals surface area contributed by atoms with Crippen molar-refractivity contribution in [1.29, 1.82) is 0 Å². The SMILES string of the molecule is O=C1CC(OC(=O)CI)C(=O)N1. The fourth-order valence-electron chi connectivity index (χ4n) is 0.815. The van der Waals surface area contributed by atoms with Crippen molar-refractivity contribution in [3.63, 3.8) is 0 Å². The second-order valence-corrected chi connectivity index (χ2v) is 2.99. The molecule has 1 fully saturated rings. The molecule has 1 atom stereocenters. The van der Waals surface area contributed by atoms with Crippen LogP contribution < -0.4 is 5.32 Å². The van der Waals surface area contributed by atoms with Gasteiger partial charge < -0.3 is 4.74 Å². The molecule has 0 aromatic carbocycles. The van der Waals surface area contributed by atoms with Crippen molar-refractivity contribution in [2.45, 2.75) is 12.5 Å². The van der Waals surface area contributed by atoms with Crippen LogP contribution in [0.4, 0.5) is 0 Å². The smallest absolute Gasteiger partial charge is 0.316 e. The first-order valence-electron chi connectivity index (χ1n) is 3.22. The quantitative estimate of drug-likeness (QED) is 0.317. The lowest BCUT2D eigenvalue weighted by atomic mass is 10.3. The predicted octanol–water partition coefficient (Wildman–Crippen LogP) is -0.620. The summed E-state index contributed by atoms with van der Waals surface area (Å²) in [7, 11) is 0. The number of rotatable bonds is 2. The summed E-state index contributed by atoms with van der Waals surface area (Å²) in [5.74, 6) is -1.41. The number of amides is 2. The number of ether oxygens (including phenoxy) is 1. The monoisotopic (exact) mass is 283 g/mol. The first-order valence-corrected chi connectivity index (χ1v) is 4.75. The van der Waals surface area contributed by atoms with E-state index in [1.807, 2.05) is 27.9 Å². The van der Waals surface area contributed by atoms with Crippen LogP contribution in [0.1, 0.15) is 6.42 Å². The Morgan fingerprint density at radius 1 is 1.67 bits per heavy atom. The summed E-state index contributed by atoms with van der Waals surface area (Å²) in [5.41, 5.74) is 0. The van der Waals surface area contributed by atoms with E-state index in [0.717, 1.165) is 0 Å². The van der Waals surface area contributed by atoms with Crippen LogP contribution in [0, 0.1) is 0 Å². The van der Waals surface area contributed by atoms with Crippen molar-refractivity contribution in [3.8, 4) is 0 Å². The summed E-state index contributed by atoms with van der Waals surface area (Å²) < 4.78 is 4.84. The highest BCUT2D eigenvalue weighted by atomic mass is 127. The van der Waals surface area contributed by atoms with Gasteiger partial charge in [-0.3, -0.25) is 19.7 Å². The van der Waals surface area contributed by atoms with Crippen molar-refractivity contribution in [2.24, 2.45) is 0 Å². The Morgan fingerprint density at radius 3 is 2.75 bits per heavy atom. The number of carbonyl (C=O) groups is 3. The number of alkyl halides is 1. The fraction of sp³-hybridized carbons (Fsp3) is 0.500. The molecule has 1 unspecified atom stereocenters. The van der Waals surface area contributed by atoms with Crippen molar-refractivity contribution in [2.75, 3.05) is 4.43 Å². The first-order chi connectivity index (χ1) is 5.63. The molecule has 1 rings (SSSR count). The Morgan fingerprint density at radius 2 is 2.33 bits per heavy atom. The largest absolute Gasteiger partial charge is 0.451 e. The zero-order chi connectivity index (χ0) is 9.14. The maximum atomic E-state index is 10.8. The highest BCUT2D eigenvalue weighted by Crippen LogP contribution is 2.06. The highest BCUT2D eigenvalue weighted by Gasteiger charge is 2.33. The van der Waals surface area contributed by atoms with Gasteiger partial charge in [0.15, 0.2) is 6.10 Å². The summed E-state index contributed by atoms with van der Waals surface area (Å²) in [6.07, 6.45) is -0.971. The van der Waals surface area contributed by atoms with E-state index < -0.39 is 23.9 Å². The third-order valence-corrected chi connectivity index (χ3v) is 1.93. The van der Waals surface area contributed by atoms with Gasteiger partial charge in [-0.05, 0) is 0 Å². The topological polar surface area (TPSA) is 72.5 Å². The zero-order valence-corrected chi connectivity index (χ0v) is 8.16. The normalized spacial score (nSPS) is 22.2. The van der Waals surface area contributed by atoms with Crippen molar-refractivity contribution >= 4 is 40.4 Å². The van der Waals surface area contributed by atoms with E-state index in [2.05, 4.69) is 4.74 Å². The summed E-state index contributed by atoms with van der Waals surface area (Å²) in [6, 6.07) is 0. The molecule has 5 nitrogen and oxygen atoms in total. The minimum atomic E-state index is -0.917. The third-order valence-electron chi connectivity index (χ3n) is 1.31. The number of esters is 1. The molecule has 0 aromatic rings. The van der Waals surface area contributed by atoms with Gasteiger partial charge in [0.1, 0.15) is 0 Å². The molecular weight excluding hydrogens is 277 g/mol. The van der Waals surface area contributed by atoms with Crippen molar-refractivity contribution in [3.05, 3.63) is 0 Å². The Bertz CT molecular complexity index is 240. The Balaban J connectivity index is 2.48. The second kappa shape index (κ2) is 3.83. The molecule has 0 radical (unpaired) electrons. The summed E-state index contributed by atoms with van der Waals surface area (Å²) in [6.45, 7) is 0. The van der Waals surface area contributed by atoms with Gasteiger partial charge in [-0.25, -0.2) is 0 Å². The predicted molar refractivity (Wildman–Crippen MR) is 46.5 cm³/mol. The number of halogens is 1. The molecule has 6 heteroatoms. The van der Waals surface area contributed by atoms with E-state index >= 15 is 0 Å². The van der Waals surface area contributed by atoms with Crippen LogP contribution in [-0.4, -0.2) is 28.3 Å². The molecule has 1 saturated heterocycles. The molecule has 66 valence electrons. The zero-order valence-electron chi connectivity index (χ0n) is 6.00. The Kier molecular flexibility index (Phi) is 3.01. The van der Waals surface area contributed by atoms with Gasteiger partial charge in [0.25, 0.3) is 5.91 Å². The highest BCUT2D eigenvalue weighted by molar-refractivity contribution is 14.1. The van der Waals surface area contributed by atoms with Crippen LogP contribution in [0.3, 0.4) is 0 Å². The molecule has 1 heterocycles. The molecule has 0 aromatic heterocycles. The molecule has 2 amide bonds. The lowest BCUT2D eigenvalue weighted by Crippen LogP contribution is -2.28. The first kappa shape index (κ1) is 9.43. The molecule has 1 aliphatic heterocycles. The third kappa shape index (κ3) is 2.16. The average Bonchev–Trinajstić information content (AvgIpc) is 2.30. The van der Waals surface area contributed by atoms with Crippen LogP contribution >= 0.6 is 22.6 Å². The van der Waals surface area contributed by atoms with Crippen LogP contribution in [-0.2, 0) is 19.1 Å². The van der Waals surface area contributed by atoms with Gasteiger partial charge >= 0.3 is 5.97 Å². The lowest BCUT2D eigenvalue weighted by molar-refractivity contribution is -0.151. The van der Waals surface area contributed by atoms with Gasteiger partial charge in [-0.2, -0.15) is 0 Å². The maximum absolute atomic E-state index is 10.8. The van der Waals surface area contributed by atoms with Crippen LogP contribution in [0.2, 0.25) is 0 Å². The van der Waals surface area contributed by atoms with Gasteiger partial charge in [0.2, 0.25) is 5.91 Å². The molecule has 0 spiro atoms. The fourth-order valence-corrected chi connectivity index (χ4v) is 0.995. The molecule has 12 heavy (non-hydrogen) atoms. The molecule has 1 aliphatic rings. The molecule has 0 saturated carbocycles. The minimum Gasteiger partial charge on any atom is -0.451 e. The van der Waals surface area contributed by atoms with Crippen molar-refractivity contribution < 1.29 is 19.1 Å². The number of hydrogen-bond donors (Lipinski definition) is 1. The van der Waals surface area contributed by atoms with Crippen LogP contribution in [0.15, 0.2) is 0 Å².